The minimum atomic E-state index is -0.521. The minimum Gasteiger partial charge on any atom is -0.393 e. The van der Waals surface area contributed by atoms with Crippen LogP contribution in [0.15, 0.2) is 78.9 Å². The van der Waals surface area contributed by atoms with Gasteiger partial charge in [-0.25, -0.2) is 0 Å². The molecule has 0 spiro atoms. The molecule has 3 unspecified atom stereocenters. The van der Waals surface area contributed by atoms with E-state index in [4.69, 9.17) is 4.74 Å². The molecule has 2 heteroatoms. The van der Waals surface area contributed by atoms with Crippen molar-refractivity contribution >= 4 is 0 Å². The topological polar surface area (TPSA) is 32.8 Å². The second-order valence-electron chi connectivity index (χ2n) is 7.55. The van der Waals surface area contributed by atoms with Gasteiger partial charge in [-0.2, -0.15) is 0 Å². The molecular weight excluding hydrogens is 332 g/mol. The van der Waals surface area contributed by atoms with E-state index in [0.717, 1.165) is 5.56 Å². The van der Waals surface area contributed by atoms with Crippen molar-refractivity contribution in [2.24, 2.45) is 0 Å². The lowest BCUT2D eigenvalue weighted by atomic mass is 9.81. The van der Waals surface area contributed by atoms with Crippen LogP contribution in [0.3, 0.4) is 0 Å². The normalized spacial score (nSPS) is 20.9. The zero-order valence-corrected chi connectivity index (χ0v) is 15.9. The summed E-state index contributed by atoms with van der Waals surface area (Å²) in [5.41, 5.74) is 5.71. The predicted molar refractivity (Wildman–Crippen MR) is 109 cm³/mol. The first-order valence-electron chi connectivity index (χ1n) is 9.63. The molecule has 0 aliphatic carbocycles. The Morgan fingerprint density at radius 3 is 1.89 bits per heavy atom. The molecular formula is C25H26O2. The first-order valence-corrected chi connectivity index (χ1v) is 9.63. The molecule has 1 aliphatic heterocycles. The van der Waals surface area contributed by atoms with Crippen molar-refractivity contribution in [3.63, 3.8) is 0 Å². The number of epoxide rings is 1. The van der Waals surface area contributed by atoms with Gasteiger partial charge in [0.15, 0.2) is 0 Å². The van der Waals surface area contributed by atoms with E-state index in [1.54, 1.807) is 0 Å². The Hall–Kier alpha value is -2.42. The van der Waals surface area contributed by atoms with Crippen molar-refractivity contribution in [2.45, 2.75) is 31.3 Å². The van der Waals surface area contributed by atoms with Crippen molar-refractivity contribution in [1.29, 1.82) is 0 Å². The Labute approximate surface area is 161 Å². The van der Waals surface area contributed by atoms with Gasteiger partial charge in [-0.05, 0) is 27.8 Å². The molecule has 3 atom stereocenters. The molecule has 3 aromatic carbocycles. The highest BCUT2D eigenvalue weighted by Gasteiger charge is 2.47. The third-order valence-electron chi connectivity index (χ3n) is 5.88. The monoisotopic (exact) mass is 358 g/mol. The van der Waals surface area contributed by atoms with Crippen molar-refractivity contribution in [3.05, 3.63) is 107 Å². The van der Waals surface area contributed by atoms with E-state index >= 15 is 0 Å². The van der Waals surface area contributed by atoms with Crippen molar-refractivity contribution in [3.8, 4) is 0 Å². The molecule has 2 nitrogen and oxygen atoms in total. The molecule has 138 valence electrons. The summed E-state index contributed by atoms with van der Waals surface area (Å²) < 4.78 is 5.69. The molecule has 27 heavy (non-hydrogen) atoms. The second kappa shape index (κ2) is 7.30. The van der Waals surface area contributed by atoms with E-state index in [9.17, 15) is 5.11 Å². The predicted octanol–water partition coefficient (Wildman–Crippen LogP) is 5.21. The maximum absolute atomic E-state index is 9.92. The van der Waals surface area contributed by atoms with Gasteiger partial charge in [0, 0.05) is 11.8 Å². The van der Waals surface area contributed by atoms with Gasteiger partial charge in [-0.3, -0.25) is 0 Å². The standard InChI is InChI=1S/C25H26O2/c1-18(20-9-5-3-6-10-20)22-13-14-24(25(16-26)17-27-25)23(15-22)19(2)21-11-7-4-8-12-21/h3-15,18-19,26H,16-17H2,1-2H3. The van der Waals surface area contributed by atoms with Crippen LogP contribution >= 0.6 is 0 Å². The van der Waals surface area contributed by atoms with E-state index in [1.165, 1.54) is 22.3 Å². The molecule has 1 saturated heterocycles. The second-order valence-corrected chi connectivity index (χ2v) is 7.55. The Kier molecular flexibility index (Phi) is 4.86. The number of rotatable bonds is 6. The van der Waals surface area contributed by atoms with Crippen molar-refractivity contribution in [1.82, 2.24) is 0 Å². The SMILES string of the molecule is CC(c1ccccc1)c1ccc(C2(CO)CO2)c(C(C)c2ccccc2)c1. The van der Waals surface area contributed by atoms with Crippen LogP contribution in [0.4, 0.5) is 0 Å². The van der Waals surface area contributed by atoms with Gasteiger partial charge in [0.25, 0.3) is 0 Å². The number of aliphatic hydroxyl groups is 1. The van der Waals surface area contributed by atoms with E-state index < -0.39 is 5.60 Å². The average Bonchev–Trinajstić information content (AvgIpc) is 3.55. The average molecular weight is 358 g/mol. The van der Waals surface area contributed by atoms with Crippen molar-refractivity contribution < 1.29 is 9.84 Å². The third kappa shape index (κ3) is 3.43. The summed E-state index contributed by atoms with van der Waals surface area (Å²) in [6.45, 7) is 5.09. The van der Waals surface area contributed by atoms with Crippen LogP contribution in [0, 0.1) is 0 Å². The molecule has 4 rings (SSSR count). The van der Waals surface area contributed by atoms with E-state index in [1.807, 2.05) is 6.07 Å². The molecule has 1 heterocycles. The molecule has 3 aromatic rings. The van der Waals surface area contributed by atoms with Gasteiger partial charge in [0.1, 0.15) is 5.60 Å². The summed E-state index contributed by atoms with van der Waals surface area (Å²) in [5, 5.41) is 9.92. The van der Waals surface area contributed by atoms with Crippen molar-refractivity contribution in [2.75, 3.05) is 13.2 Å². The fraction of sp³-hybridized carbons (Fsp3) is 0.280. The Balaban J connectivity index is 1.78. The third-order valence-corrected chi connectivity index (χ3v) is 5.88. The highest BCUT2D eigenvalue weighted by molar-refractivity contribution is 5.46. The van der Waals surface area contributed by atoms with Crippen LogP contribution < -0.4 is 0 Å². The largest absolute Gasteiger partial charge is 0.393 e. The summed E-state index contributed by atoms with van der Waals surface area (Å²) in [4.78, 5) is 0. The summed E-state index contributed by atoms with van der Waals surface area (Å²) >= 11 is 0. The van der Waals surface area contributed by atoms with Crippen LogP contribution in [0.25, 0.3) is 0 Å². The molecule has 0 radical (unpaired) electrons. The Morgan fingerprint density at radius 1 is 0.815 bits per heavy atom. The minimum absolute atomic E-state index is 0.0229. The van der Waals surface area contributed by atoms with E-state index in [0.29, 0.717) is 12.5 Å². The Morgan fingerprint density at radius 2 is 1.37 bits per heavy atom. The summed E-state index contributed by atoms with van der Waals surface area (Å²) in [7, 11) is 0. The summed E-state index contributed by atoms with van der Waals surface area (Å²) in [6.07, 6.45) is 0. The van der Waals surface area contributed by atoms with Crippen LogP contribution in [0.1, 0.15) is 53.5 Å². The first kappa shape index (κ1) is 18.0. The van der Waals surface area contributed by atoms with E-state index in [-0.39, 0.29) is 12.5 Å². The highest BCUT2D eigenvalue weighted by atomic mass is 16.6. The number of ether oxygens (including phenoxy) is 1. The fourth-order valence-corrected chi connectivity index (χ4v) is 3.90. The lowest BCUT2D eigenvalue weighted by Gasteiger charge is -2.23. The van der Waals surface area contributed by atoms with Gasteiger partial charge in [0.2, 0.25) is 0 Å². The number of benzene rings is 3. The Bertz CT molecular complexity index is 898. The molecule has 1 fully saturated rings. The molecule has 0 aromatic heterocycles. The lowest BCUT2D eigenvalue weighted by Crippen LogP contribution is -2.18. The maximum atomic E-state index is 9.92. The van der Waals surface area contributed by atoms with Crippen LogP contribution in [-0.4, -0.2) is 18.3 Å². The van der Waals surface area contributed by atoms with Crippen LogP contribution in [0.5, 0.6) is 0 Å². The lowest BCUT2D eigenvalue weighted by molar-refractivity contribution is 0.172. The highest BCUT2D eigenvalue weighted by Crippen LogP contribution is 2.44. The molecule has 0 bridgehead atoms. The van der Waals surface area contributed by atoms with E-state index in [2.05, 4.69) is 86.6 Å². The quantitative estimate of drug-likeness (QED) is 0.614. The molecule has 0 saturated carbocycles. The number of hydrogen-bond donors (Lipinski definition) is 1. The number of hydrogen-bond acceptors (Lipinski definition) is 2. The zero-order valence-electron chi connectivity index (χ0n) is 15.9. The summed E-state index contributed by atoms with van der Waals surface area (Å²) in [5.74, 6) is 0.545. The molecule has 0 amide bonds. The molecule has 1 aliphatic rings. The van der Waals surface area contributed by atoms with Gasteiger partial charge < -0.3 is 9.84 Å². The maximum Gasteiger partial charge on any atom is 0.140 e. The summed E-state index contributed by atoms with van der Waals surface area (Å²) in [6, 6.07) is 27.8. The smallest absolute Gasteiger partial charge is 0.140 e. The van der Waals surface area contributed by atoms with Gasteiger partial charge in [-0.1, -0.05) is 92.7 Å². The van der Waals surface area contributed by atoms with Crippen LogP contribution in [0.2, 0.25) is 0 Å². The van der Waals surface area contributed by atoms with Gasteiger partial charge in [0.05, 0.1) is 13.2 Å². The first-order chi connectivity index (χ1) is 13.1. The van der Waals surface area contributed by atoms with Crippen LogP contribution in [-0.2, 0) is 10.3 Å². The zero-order chi connectivity index (χ0) is 18.9. The fourth-order valence-electron chi connectivity index (χ4n) is 3.90. The molecule has 1 N–H and O–H groups in total. The van der Waals surface area contributed by atoms with Gasteiger partial charge >= 0.3 is 0 Å². The van der Waals surface area contributed by atoms with Gasteiger partial charge in [-0.15, -0.1) is 0 Å². The number of aliphatic hydroxyl groups excluding tert-OH is 1.